The van der Waals surface area contributed by atoms with Gasteiger partial charge in [0.15, 0.2) is 5.69 Å². The fourth-order valence-electron chi connectivity index (χ4n) is 5.19. The summed E-state index contributed by atoms with van der Waals surface area (Å²) in [4.78, 5) is 42.2. The summed E-state index contributed by atoms with van der Waals surface area (Å²) in [6, 6.07) is 16.3. The van der Waals surface area contributed by atoms with Gasteiger partial charge in [0.05, 0.1) is 17.9 Å². The largest absolute Gasteiger partial charge is 0.461 e. The Morgan fingerprint density at radius 1 is 0.977 bits per heavy atom. The van der Waals surface area contributed by atoms with Crippen molar-refractivity contribution < 1.29 is 36.7 Å². The predicted molar refractivity (Wildman–Crippen MR) is 148 cm³/mol. The van der Waals surface area contributed by atoms with Gasteiger partial charge in [0.2, 0.25) is 0 Å². The maximum atomic E-state index is 14.2. The van der Waals surface area contributed by atoms with Crippen LogP contribution in [0.4, 0.5) is 23.4 Å². The Labute approximate surface area is 243 Å². The number of rotatable bonds is 7. The highest BCUT2D eigenvalue weighted by Crippen LogP contribution is 2.44. The van der Waals surface area contributed by atoms with Crippen LogP contribution in [0.5, 0.6) is 0 Å². The molecule has 0 bridgehead atoms. The molecule has 2 heterocycles. The molecule has 0 unspecified atom stereocenters. The first-order valence-corrected chi connectivity index (χ1v) is 13.5. The van der Waals surface area contributed by atoms with Crippen molar-refractivity contribution >= 4 is 23.6 Å². The number of aromatic nitrogens is 2. The number of nitrogens with one attached hydrogen (secondary N) is 1. The summed E-state index contributed by atoms with van der Waals surface area (Å²) < 4.78 is 60.9. The molecule has 222 valence electrons. The highest BCUT2D eigenvalue weighted by molar-refractivity contribution is 6.07. The highest BCUT2D eigenvalue weighted by Gasteiger charge is 2.47. The minimum absolute atomic E-state index is 0.0269. The molecule has 0 aliphatic carbocycles. The third-order valence-corrected chi connectivity index (χ3v) is 7.08. The number of hydrogen-bond acceptors (Lipinski definition) is 5. The summed E-state index contributed by atoms with van der Waals surface area (Å²) in [5.74, 6) is -3.72. The number of alkyl halides is 3. The van der Waals surface area contributed by atoms with Gasteiger partial charge in [-0.15, -0.1) is 0 Å². The van der Waals surface area contributed by atoms with E-state index in [2.05, 4.69) is 10.4 Å². The molecular formula is C31H26F4N4O4. The topological polar surface area (TPSA) is 93.5 Å². The molecule has 12 heteroatoms. The Bertz CT molecular complexity index is 1670. The smallest absolute Gasteiger partial charge is 0.416 e. The van der Waals surface area contributed by atoms with E-state index >= 15 is 0 Å². The number of nitrogens with zero attached hydrogens (tertiary/aromatic N) is 3. The van der Waals surface area contributed by atoms with Crippen LogP contribution in [-0.4, -0.2) is 46.8 Å². The molecule has 1 aliphatic heterocycles. The van der Waals surface area contributed by atoms with Crippen molar-refractivity contribution in [3.63, 3.8) is 0 Å². The molecule has 1 N–H and O–H groups in total. The Morgan fingerprint density at radius 3 is 2.30 bits per heavy atom. The van der Waals surface area contributed by atoms with E-state index in [9.17, 15) is 31.9 Å². The third kappa shape index (κ3) is 5.60. The molecule has 2 atom stereocenters. The van der Waals surface area contributed by atoms with Gasteiger partial charge in [0.25, 0.3) is 11.8 Å². The van der Waals surface area contributed by atoms with E-state index in [1.54, 1.807) is 44.2 Å². The quantitative estimate of drug-likeness (QED) is 0.225. The van der Waals surface area contributed by atoms with Crippen LogP contribution in [0, 0.1) is 5.82 Å². The lowest BCUT2D eigenvalue weighted by Crippen LogP contribution is -2.55. The zero-order chi connectivity index (χ0) is 30.9. The lowest BCUT2D eigenvalue weighted by molar-refractivity contribution is -0.137. The number of para-hydroxylation sites is 1. The summed E-state index contributed by atoms with van der Waals surface area (Å²) in [6.07, 6.45) is -4.69. The minimum atomic E-state index is -4.69. The average Bonchev–Trinajstić information content (AvgIpc) is 3.38. The maximum Gasteiger partial charge on any atom is 0.416 e. The molecule has 0 fully saturated rings. The van der Waals surface area contributed by atoms with Gasteiger partial charge in [-0.1, -0.05) is 36.4 Å². The van der Waals surface area contributed by atoms with E-state index in [0.717, 1.165) is 12.1 Å². The van der Waals surface area contributed by atoms with Crippen LogP contribution in [-0.2, 0) is 15.7 Å². The van der Waals surface area contributed by atoms with E-state index in [0.29, 0.717) is 17.3 Å². The van der Waals surface area contributed by atoms with Gasteiger partial charge in [-0.2, -0.15) is 18.3 Å². The molecule has 0 saturated heterocycles. The van der Waals surface area contributed by atoms with Crippen molar-refractivity contribution in [1.29, 1.82) is 0 Å². The van der Waals surface area contributed by atoms with E-state index in [4.69, 9.17) is 4.74 Å². The van der Waals surface area contributed by atoms with E-state index in [-0.39, 0.29) is 35.8 Å². The monoisotopic (exact) mass is 594 g/mol. The Kier molecular flexibility index (Phi) is 8.03. The number of amides is 2. The number of benzene rings is 3. The SMILES string of the molecule is CCOC(=O)c1nn(-c2ccccc2)c2c1[C@H](c1ccc(F)cc1)[C@H](NC(=O)c1cccc(C(F)(F)F)c1)C(=O)N2CC. The maximum absolute atomic E-state index is 14.2. The summed E-state index contributed by atoms with van der Waals surface area (Å²) in [6.45, 7) is 3.44. The number of halogens is 4. The van der Waals surface area contributed by atoms with Crippen LogP contribution < -0.4 is 10.2 Å². The van der Waals surface area contributed by atoms with Crippen molar-refractivity contribution in [2.24, 2.45) is 0 Å². The molecule has 1 aromatic heterocycles. The number of likely N-dealkylation sites (N-methyl/N-ethyl adjacent to an activating group) is 1. The van der Waals surface area contributed by atoms with E-state index in [1.165, 1.54) is 39.9 Å². The van der Waals surface area contributed by atoms with Crippen LogP contribution in [0.15, 0.2) is 78.9 Å². The zero-order valence-electron chi connectivity index (χ0n) is 23.1. The van der Waals surface area contributed by atoms with Crippen LogP contribution >= 0.6 is 0 Å². The number of hydrogen-bond donors (Lipinski definition) is 1. The van der Waals surface area contributed by atoms with Crippen molar-refractivity contribution in [2.75, 3.05) is 18.1 Å². The lowest BCUT2D eigenvalue weighted by atomic mass is 9.80. The summed E-state index contributed by atoms with van der Waals surface area (Å²) in [5, 5.41) is 7.15. The molecular weight excluding hydrogens is 568 g/mol. The molecule has 8 nitrogen and oxygen atoms in total. The van der Waals surface area contributed by atoms with Gasteiger partial charge in [-0.3, -0.25) is 14.5 Å². The normalized spacial score (nSPS) is 16.5. The van der Waals surface area contributed by atoms with Crippen molar-refractivity contribution in [3.8, 4) is 5.69 Å². The van der Waals surface area contributed by atoms with Crippen LogP contribution in [0.1, 0.15) is 57.3 Å². The molecule has 3 aromatic carbocycles. The lowest BCUT2D eigenvalue weighted by Gasteiger charge is -2.38. The molecule has 0 spiro atoms. The number of carbonyl (C=O) groups excluding carboxylic acids is 3. The first-order chi connectivity index (χ1) is 20.5. The van der Waals surface area contributed by atoms with Gasteiger partial charge < -0.3 is 10.1 Å². The van der Waals surface area contributed by atoms with E-state index in [1.807, 2.05) is 0 Å². The van der Waals surface area contributed by atoms with E-state index < -0.39 is 47.3 Å². The number of ether oxygens (including phenoxy) is 1. The number of anilines is 1. The molecule has 2 amide bonds. The predicted octanol–water partition coefficient (Wildman–Crippen LogP) is 5.50. The molecule has 0 saturated carbocycles. The van der Waals surface area contributed by atoms with Crippen LogP contribution in [0.25, 0.3) is 5.69 Å². The molecule has 5 rings (SSSR count). The summed E-state index contributed by atoms with van der Waals surface area (Å²) >= 11 is 0. The van der Waals surface area contributed by atoms with Gasteiger partial charge in [-0.05, 0) is 61.9 Å². The van der Waals surface area contributed by atoms with Crippen molar-refractivity contribution in [2.45, 2.75) is 32.0 Å². The van der Waals surface area contributed by atoms with Crippen molar-refractivity contribution in [3.05, 3.63) is 113 Å². The minimum Gasteiger partial charge on any atom is -0.461 e. The second-order valence-corrected chi connectivity index (χ2v) is 9.70. The standard InChI is InChI=1S/C31H26F4N4O4/c1-3-38-28-24(26(30(42)43-4-2)37-39(28)22-11-6-5-7-12-22)23(18-13-15-21(32)16-14-18)25(29(38)41)36-27(40)19-9-8-10-20(17-19)31(33,34)35/h5-17,23,25H,3-4H2,1-2H3,(H,36,40)/t23-,25-/m0/s1. The van der Waals surface area contributed by atoms with Crippen molar-refractivity contribution in [1.82, 2.24) is 15.1 Å². The molecule has 1 aliphatic rings. The summed E-state index contributed by atoms with van der Waals surface area (Å²) in [7, 11) is 0. The second kappa shape index (κ2) is 11.7. The fraction of sp³-hybridized carbons (Fsp3) is 0.226. The number of fused-ring (bicyclic) bond motifs is 1. The van der Waals surface area contributed by atoms with Gasteiger partial charge in [-0.25, -0.2) is 13.9 Å². The summed E-state index contributed by atoms with van der Waals surface area (Å²) in [5.41, 5.74) is -0.343. The highest BCUT2D eigenvalue weighted by atomic mass is 19.4. The number of carbonyl (C=O) groups is 3. The van der Waals surface area contributed by atoms with Gasteiger partial charge in [0.1, 0.15) is 17.7 Å². The average molecular weight is 595 g/mol. The Balaban J connectivity index is 1.72. The zero-order valence-corrected chi connectivity index (χ0v) is 23.1. The molecule has 0 radical (unpaired) electrons. The Morgan fingerprint density at radius 2 is 1.67 bits per heavy atom. The fourth-order valence-corrected chi connectivity index (χ4v) is 5.19. The van der Waals surface area contributed by atoms with Gasteiger partial charge in [0, 0.05) is 23.6 Å². The first kappa shape index (κ1) is 29.5. The van der Waals surface area contributed by atoms with Gasteiger partial charge >= 0.3 is 12.1 Å². The third-order valence-electron chi connectivity index (χ3n) is 7.08. The Hall–Kier alpha value is -5.00. The number of esters is 1. The second-order valence-electron chi connectivity index (χ2n) is 9.70. The molecule has 4 aromatic rings. The molecule has 43 heavy (non-hydrogen) atoms. The first-order valence-electron chi connectivity index (χ1n) is 13.5. The van der Waals surface area contributed by atoms with Crippen LogP contribution in [0.2, 0.25) is 0 Å². The van der Waals surface area contributed by atoms with Crippen LogP contribution in [0.3, 0.4) is 0 Å².